The Morgan fingerprint density at radius 1 is 1.14 bits per heavy atom. The summed E-state index contributed by atoms with van der Waals surface area (Å²) >= 11 is 0. The summed E-state index contributed by atoms with van der Waals surface area (Å²) in [5, 5.41) is 2.54. The molecule has 0 radical (unpaired) electrons. The molecule has 3 amide bonds. The number of nitrogens with zero attached hydrogens (tertiary/aromatic N) is 1. The summed E-state index contributed by atoms with van der Waals surface area (Å²) in [6.45, 7) is -0.193. The standard InChI is InChI=1S/C14H16N2O5/c1-20-12(21-2)7-15-11(17)8-16-13(18)9-5-3-4-6-10(9)14(16)19/h3-6,12H,7-8H2,1-2H3,(H,15,17). The minimum atomic E-state index is -0.573. The minimum absolute atomic E-state index is 0.134. The summed E-state index contributed by atoms with van der Waals surface area (Å²) < 4.78 is 9.86. The predicted molar refractivity (Wildman–Crippen MR) is 72.6 cm³/mol. The molecule has 112 valence electrons. The van der Waals surface area contributed by atoms with Crippen LogP contribution in [0.3, 0.4) is 0 Å². The average molecular weight is 292 g/mol. The van der Waals surface area contributed by atoms with Gasteiger partial charge < -0.3 is 14.8 Å². The van der Waals surface area contributed by atoms with E-state index in [1.54, 1.807) is 24.3 Å². The summed E-state index contributed by atoms with van der Waals surface area (Å²) in [5.41, 5.74) is 0.643. The van der Waals surface area contributed by atoms with Crippen molar-refractivity contribution in [2.45, 2.75) is 6.29 Å². The van der Waals surface area contributed by atoms with Crippen LogP contribution in [0, 0.1) is 0 Å². The number of carbonyl (C=O) groups excluding carboxylic acids is 3. The molecule has 0 aliphatic carbocycles. The van der Waals surface area contributed by atoms with Crippen molar-refractivity contribution in [3.05, 3.63) is 35.4 Å². The van der Waals surface area contributed by atoms with E-state index in [2.05, 4.69) is 5.32 Å². The third-order valence-corrected chi connectivity index (χ3v) is 3.17. The molecule has 0 spiro atoms. The minimum Gasteiger partial charge on any atom is -0.354 e. The molecule has 1 heterocycles. The van der Waals surface area contributed by atoms with Crippen LogP contribution < -0.4 is 5.32 Å². The van der Waals surface area contributed by atoms with Crippen molar-refractivity contribution >= 4 is 17.7 Å². The van der Waals surface area contributed by atoms with Gasteiger partial charge in [0.1, 0.15) is 6.54 Å². The summed E-state index contributed by atoms with van der Waals surface area (Å²) in [5.74, 6) is -1.37. The van der Waals surface area contributed by atoms with Crippen LogP contribution in [0.2, 0.25) is 0 Å². The van der Waals surface area contributed by atoms with E-state index in [9.17, 15) is 14.4 Å². The number of nitrogens with one attached hydrogen (secondary N) is 1. The van der Waals surface area contributed by atoms with Crippen molar-refractivity contribution in [3.63, 3.8) is 0 Å². The van der Waals surface area contributed by atoms with Gasteiger partial charge in [-0.3, -0.25) is 19.3 Å². The number of methoxy groups -OCH3 is 2. The van der Waals surface area contributed by atoms with Gasteiger partial charge in [-0.25, -0.2) is 0 Å². The third kappa shape index (κ3) is 3.09. The monoisotopic (exact) mass is 292 g/mol. The molecule has 0 saturated heterocycles. The SMILES string of the molecule is COC(CNC(=O)CN1C(=O)c2ccccc2C1=O)OC. The fourth-order valence-corrected chi connectivity index (χ4v) is 2.04. The number of hydrogen-bond acceptors (Lipinski definition) is 5. The zero-order valence-electron chi connectivity index (χ0n) is 11.8. The van der Waals surface area contributed by atoms with Gasteiger partial charge >= 0.3 is 0 Å². The van der Waals surface area contributed by atoms with Gasteiger partial charge in [-0.05, 0) is 12.1 Å². The number of ether oxygens (including phenoxy) is 2. The highest BCUT2D eigenvalue weighted by Crippen LogP contribution is 2.21. The first-order chi connectivity index (χ1) is 10.1. The van der Waals surface area contributed by atoms with Crippen LogP contribution in [0.4, 0.5) is 0 Å². The molecule has 0 fully saturated rings. The highest BCUT2D eigenvalue weighted by Gasteiger charge is 2.36. The van der Waals surface area contributed by atoms with Gasteiger partial charge in [0, 0.05) is 14.2 Å². The molecule has 7 nitrogen and oxygen atoms in total. The van der Waals surface area contributed by atoms with Crippen molar-refractivity contribution in [2.75, 3.05) is 27.3 Å². The van der Waals surface area contributed by atoms with E-state index < -0.39 is 24.0 Å². The molecule has 21 heavy (non-hydrogen) atoms. The molecular formula is C14H16N2O5. The maximum atomic E-state index is 12.1. The lowest BCUT2D eigenvalue weighted by Crippen LogP contribution is -2.43. The van der Waals surface area contributed by atoms with Crippen molar-refractivity contribution in [1.29, 1.82) is 0 Å². The maximum Gasteiger partial charge on any atom is 0.262 e. The quantitative estimate of drug-likeness (QED) is 0.590. The van der Waals surface area contributed by atoms with Crippen molar-refractivity contribution < 1.29 is 23.9 Å². The van der Waals surface area contributed by atoms with E-state index >= 15 is 0 Å². The predicted octanol–water partition coefficient (Wildman–Crippen LogP) is 0.0177. The fourth-order valence-electron chi connectivity index (χ4n) is 2.04. The first kappa shape index (κ1) is 15.1. The van der Waals surface area contributed by atoms with Gasteiger partial charge in [-0.2, -0.15) is 0 Å². The van der Waals surface area contributed by atoms with Gasteiger partial charge in [-0.15, -0.1) is 0 Å². The van der Waals surface area contributed by atoms with Crippen molar-refractivity contribution in [3.8, 4) is 0 Å². The van der Waals surface area contributed by atoms with Crippen molar-refractivity contribution in [1.82, 2.24) is 10.2 Å². The van der Waals surface area contributed by atoms with Crippen LogP contribution in [-0.2, 0) is 14.3 Å². The largest absolute Gasteiger partial charge is 0.354 e. The molecule has 1 aliphatic rings. The van der Waals surface area contributed by atoms with Gasteiger partial charge in [0.2, 0.25) is 5.91 Å². The van der Waals surface area contributed by atoms with Crippen LogP contribution in [0.15, 0.2) is 24.3 Å². The second-order valence-corrected chi connectivity index (χ2v) is 4.45. The Bertz CT molecular complexity index is 533. The Balaban J connectivity index is 1.97. The molecular weight excluding hydrogens is 276 g/mol. The van der Waals surface area contributed by atoms with E-state index in [1.165, 1.54) is 14.2 Å². The fraction of sp³-hybridized carbons (Fsp3) is 0.357. The summed E-state index contributed by atoms with van der Waals surface area (Å²) in [7, 11) is 2.90. The molecule has 1 aromatic rings. The highest BCUT2D eigenvalue weighted by atomic mass is 16.7. The first-order valence-corrected chi connectivity index (χ1v) is 6.36. The van der Waals surface area contributed by atoms with E-state index in [0.717, 1.165) is 4.90 Å². The lowest BCUT2D eigenvalue weighted by molar-refractivity contribution is -0.127. The molecule has 7 heteroatoms. The van der Waals surface area contributed by atoms with Crippen LogP contribution in [0.1, 0.15) is 20.7 Å². The topological polar surface area (TPSA) is 84.9 Å². The molecule has 1 N–H and O–H groups in total. The lowest BCUT2D eigenvalue weighted by atomic mass is 10.1. The molecule has 2 rings (SSSR count). The Kier molecular flexibility index (Phi) is 4.66. The molecule has 0 atom stereocenters. The molecule has 1 aliphatic heterocycles. The third-order valence-electron chi connectivity index (χ3n) is 3.17. The number of amides is 3. The first-order valence-electron chi connectivity index (χ1n) is 6.36. The molecule has 0 aromatic heterocycles. The summed E-state index contributed by atoms with van der Waals surface area (Å²) in [6, 6.07) is 6.49. The Morgan fingerprint density at radius 2 is 1.67 bits per heavy atom. The van der Waals surface area contributed by atoms with Gasteiger partial charge in [0.05, 0.1) is 17.7 Å². The Labute approximate surface area is 121 Å². The molecule has 1 aromatic carbocycles. The molecule has 0 saturated carbocycles. The van der Waals surface area contributed by atoms with Gasteiger partial charge in [0.15, 0.2) is 6.29 Å². The van der Waals surface area contributed by atoms with Gasteiger partial charge in [-0.1, -0.05) is 12.1 Å². The van der Waals surface area contributed by atoms with Crippen LogP contribution in [-0.4, -0.2) is 56.2 Å². The zero-order valence-corrected chi connectivity index (χ0v) is 11.8. The van der Waals surface area contributed by atoms with Crippen LogP contribution in [0.5, 0.6) is 0 Å². The average Bonchev–Trinajstić information content (AvgIpc) is 2.74. The number of imide groups is 1. The maximum absolute atomic E-state index is 12.1. The van der Waals surface area contributed by atoms with Crippen LogP contribution >= 0.6 is 0 Å². The number of carbonyl (C=O) groups is 3. The van der Waals surface area contributed by atoms with E-state index in [0.29, 0.717) is 11.1 Å². The number of hydrogen-bond donors (Lipinski definition) is 1. The molecule has 0 unspecified atom stereocenters. The number of rotatable bonds is 6. The normalized spacial score (nSPS) is 13.8. The number of fused-ring (bicyclic) bond motifs is 1. The van der Waals surface area contributed by atoms with Crippen LogP contribution in [0.25, 0.3) is 0 Å². The second kappa shape index (κ2) is 6.47. The Morgan fingerprint density at radius 3 is 2.14 bits per heavy atom. The zero-order chi connectivity index (χ0) is 15.4. The van der Waals surface area contributed by atoms with Gasteiger partial charge in [0.25, 0.3) is 11.8 Å². The highest BCUT2D eigenvalue weighted by molar-refractivity contribution is 6.22. The number of benzene rings is 1. The van der Waals surface area contributed by atoms with E-state index in [1.807, 2.05) is 0 Å². The summed E-state index contributed by atoms with van der Waals surface area (Å²) in [6.07, 6.45) is -0.573. The van der Waals surface area contributed by atoms with Crippen molar-refractivity contribution in [2.24, 2.45) is 0 Å². The second-order valence-electron chi connectivity index (χ2n) is 4.45. The Hall–Kier alpha value is -2.25. The lowest BCUT2D eigenvalue weighted by Gasteiger charge is -2.16. The molecule has 0 bridgehead atoms. The summed E-state index contributed by atoms with van der Waals surface area (Å²) in [4.78, 5) is 36.9. The smallest absolute Gasteiger partial charge is 0.262 e. The van der Waals surface area contributed by atoms with E-state index in [-0.39, 0.29) is 13.1 Å². The van der Waals surface area contributed by atoms with E-state index in [4.69, 9.17) is 9.47 Å².